The van der Waals surface area contributed by atoms with Crippen LogP contribution in [0.25, 0.3) is 0 Å². The molecule has 0 spiro atoms. The SMILES string of the molecule is Cc1noc(C)c1CN1CCN(CC(=O)O)CC1. The van der Waals surface area contributed by atoms with Gasteiger partial charge in [0, 0.05) is 38.3 Å². The summed E-state index contributed by atoms with van der Waals surface area (Å²) in [4.78, 5) is 14.9. The third kappa shape index (κ3) is 3.08. The van der Waals surface area contributed by atoms with E-state index in [1.807, 2.05) is 18.7 Å². The lowest BCUT2D eigenvalue weighted by Crippen LogP contribution is -2.47. The maximum atomic E-state index is 10.6. The normalized spacial score (nSPS) is 18.1. The molecule has 0 bridgehead atoms. The Morgan fingerprint density at radius 2 is 1.89 bits per heavy atom. The molecule has 6 nitrogen and oxygen atoms in total. The van der Waals surface area contributed by atoms with Crippen LogP contribution < -0.4 is 0 Å². The summed E-state index contributed by atoms with van der Waals surface area (Å²) in [7, 11) is 0. The lowest BCUT2D eigenvalue weighted by atomic mass is 10.2. The molecule has 1 aromatic heterocycles. The number of aryl methyl sites for hydroxylation is 2. The van der Waals surface area contributed by atoms with Gasteiger partial charge < -0.3 is 9.63 Å². The fourth-order valence-electron chi connectivity index (χ4n) is 2.25. The maximum absolute atomic E-state index is 10.6. The molecule has 1 fully saturated rings. The summed E-state index contributed by atoms with van der Waals surface area (Å²) in [5.74, 6) is 0.120. The highest BCUT2D eigenvalue weighted by Crippen LogP contribution is 2.16. The first-order valence-electron chi connectivity index (χ1n) is 6.14. The summed E-state index contributed by atoms with van der Waals surface area (Å²) in [6.45, 7) is 8.23. The number of carboxylic acid groups (broad SMARTS) is 1. The minimum atomic E-state index is -0.755. The number of nitrogens with zero attached hydrogens (tertiary/aromatic N) is 3. The average molecular weight is 253 g/mol. The second kappa shape index (κ2) is 5.49. The van der Waals surface area contributed by atoms with Crippen molar-refractivity contribution in [3.8, 4) is 0 Å². The van der Waals surface area contributed by atoms with E-state index in [1.165, 1.54) is 0 Å². The molecular weight excluding hydrogens is 234 g/mol. The van der Waals surface area contributed by atoms with E-state index in [0.717, 1.165) is 49.7 Å². The number of rotatable bonds is 4. The van der Waals surface area contributed by atoms with Gasteiger partial charge in [-0.05, 0) is 13.8 Å². The molecule has 1 aliphatic heterocycles. The molecule has 100 valence electrons. The third-order valence-corrected chi connectivity index (χ3v) is 3.39. The molecule has 1 N–H and O–H groups in total. The fourth-order valence-corrected chi connectivity index (χ4v) is 2.25. The first-order valence-corrected chi connectivity index (χ1v) is 6.14. The second-order valence-corrected chi connectivity index (χ2v) is 4.75. The van der Waals surface area contributed by atoms with Crippen molar-refractivity contribution in [3.63, 3.8) is 0 Å². The van der Waals surface area contributed by atoms with E-state index in [4.69, 9.17) is 9.63 Å². The predicted octanol–water partition coefficient (Wildman–Crippen LogP) is 0.494. The van der Waals surface area contributed by atoms with Crippen LogP contribution in [0.15, 0.2) is 4.52 Å². The van der Waals surface area contributed by atoms with Gasteiger partial charge >= 0.3 is 5.97 Å². The van der Waals surface area contributed by atoms with Crippen molar-refractivity contribution in [3.05, 3.63) is 17.0 Å². The monoisotopic (exact) mass is 253 g/mol. The van der Waals surface area contributed by atoms with Gasteiger partial charge in [-0.1, -0.05) is 5.16 Å². The molecule has 0 saturated carbocycles. The lowest BCUT2D eigenvalue weighted by molar-refractivity contribution is -0.138. The number of carbonyl (C=O) groups is 1. The molecular formula is C12H19N3O3. The molecule has 1 aliphatic rings. The first kappa shape index (κ1) is 13.0. The van der Waals surface area contributed by atoms with Gasteiger partial charge in [0.1, 0.15) is 5.76 Å². The van der Waals surface area contributed by atoms with Crippen LogP contribution in [0.3, 0.4) is 0 Å². The quantitative estimate of drug-likeness (QED) is 0.842. The Morgan fingerprint density at radius 3 is 2.39 bits per heavy atom. The molecule has 0 amide bonds. The van der Waals surface area contributed by atoms with Crippen LogP contribution in [0.2, 0.25) is 0 Å². The maximum Gasteiger partial charge on any atom is 0.317 e. The van der Waals surface area contributed by atoms with Gasteiger partial charge in [-0.3, -0.25) is 14.6 Å². The van der Waals surface area contributed by atoms with E-state index >= 15 is 0 Å². The zero-order valence-corrected chi connectivity index (χ0v) is 10.8. The highest BCUT2D eigenvalue weighted by molar-refractivity contribution is 5.69. The lowest BCUT2D eigenvalue weighted by Gasteiger charge is -2.33. The molecule has 2 rings (SSSR count). The van der Waals surface area contributed by atoms with Gasteiger partial charge in [0.05, 0.1) is 12.2 Å². The zero-order valence-electron chi connectivity index (χ0n) is 10.8. The van der Waals surface area contributed by atoms with Gasteiger partial charge in [0.25, 0.3) is 0 Å². The highest BCUT2D eigenvalue weighted by Gasteiger charge is 2.20. The van der Waals surface area contributed by atoms with Crippen LogP contribution in [0.5, 0.6) is 0 Å². The molecule has 18 heavy (non-hydrogen) atoms. The van der Waals surface area contributed by atoms with Crippen molar-refractivity contribution < 1.29 is 14.4 Å². The van der Waals surface area contributed by atoms with Crippen molar-refractivity contribution in [2.45, 2.75) is 20.4 Å². The van der Waals surface area contributed by atoms with E-state index < -0.39 is 5.97 Å². The predicted molar refractivity (Wildman–Crippen MR) is 65.3 cm³/mol. The van der Waals surface area contributed by atoms with Crippen molar-refractivity contribution >= 4 is 5.97 Å². The molecule has 0 radical (unpaired) electrons. The second-order valence-electron chi connectivity index (χ2n) is 4.75. The first-order chi connectivity index (χ1) is 8.56. The van der Waals surface area contributed by atoms with Gasteiger partial charge in [-0.25, -0.2) is 0 Å². The Morgan fingerprint density at radius 1 is 1.28 bits per heavy atom. The molecule has 1 saturated heterocycles. The Balaban J connectivity index is 1.85. The zero-order chi connectivity index (χ0) is 13.1. The van der Waals surface area contributed by atoms with Crippen molar-refractivity contribution in [2.24, 2.45) is 0 Å². The number of carboxylic acids is 1. The Labute approximate surface area is 106 Å². The van der Waals surface area contributed by atoms with Gasteiger partial charge in [0.15, 0.2) is 0 Å². The van der Waals surface area contributed by atoms with Gasteiger partial charge in [-0.15, -0.1) is 0 Å². The molecule has 6 heteroatoms. The Bertz CT molecular complexity index is 403. The summed E-state index contributed by atoms with van der Waals surface area (Å²) >= 11 is 0. The van der Waals surface area contributed by atoms with E-state index in [0.29, 0.717) is 0 Å². The number of hydrogen-bond donors (Lipinski definition) is 1. The fraction of sp³-hybridized carbons (Fsp3) is 0.667. The summed E-state index contributed by atoms with van der Waals surface area (Å²) < 4.78 is 5.15. The number of piperazine rings is 1. The average Bonchev–Trinajstić information content (AvgIpc) is 2.63. The van der Waals surface area contributed by atoms with Crippen LogP contribution >= 0.6 is 0 Å². The van der Waals surface area contributed by atoms with E-state index in [1.54, 1.807) is 0 Å². The minimum absolute atomic E-state index is 0.138. The smallest absolute Gasteiger partial charge is 0.317 e. The largest absolute Gasteiger partial charge is 0.480 e. The van der Waals surface area contributed by atoms with E-state index in [9.17, 15) is 4.79 Å². The Kier molecular flexibility index (Phi) is 3.98. The van der Waals surface area contributed by atoms with Crippen LogP contribution in [-0.4, -0.2) is 58.8 Å². The summed E-state index contributed by atoms with van der Waals surface area (Å²) in [5, 5.41) is 12.7. The summed E-state index contributed by atoms with van der Waals surface area (Å²) in [6.07, 6.45) is 0. The molecule has 0 aromatic carbocycles. The number of aromatic nitrogens is 1. The minimum Gasteiger partial charge on any atom is -0.480 e. The number of aliphatic carboxylic acids is 1. The standard InChI is InChI=1S/C12H19N3O3/c1-9-11(10(2)18-13-9)7-14-3-5-15(6-4-14)8-12(16)17/h3-8H2,1-2H3,(H,16,17). The molecule has 0 atom stereocenters. The van der Waals surface area contributed by atoms with Crippen LogP contribution in [-0.2, 0) is 11.3 Å². The Hall–Kier alpha value is -1.40. The summed E-state index contributed by atoms with van der Waals surface area (Å²) in [5.41, 5.74) is 2.10. The third-order valence-electron chi connectivity index (χ3n) is 3.39. The van der Waals surface area contributed by atoms with Gasteiger partial charge in [-0.2, -0.15) is 0 Å². The highest BCUT2D eigenvalue weighted by atomic mass is 16.5. The van der Waals surface area contributed by atoms with Crippen molar-refractivity contribution in [2.75, 3.05) is 32.7 Å². The van der Waals surface area contributed by atoms with Gasteiger partial charge in [0.2, 0.25) is 0 Å². The van der Waals surface area contributed by atoms with E-state index in [2.05, 4.69) is 10.1 Å². The van der Waals surface area contributed by atoms with Crippen LogP contribution in [0.1, 0.15) is 17.0 Å². The van der Waals surface area contributed by atoms with Crippen molar-refractivity contribution in [1.82, 2.24) is 15.0 Å². The molecule has 2 heterocycles. The summed E-state index contributed by atoms with van der Waals surface area (Å²) in [6, 6.07) is 0. The molecule has 0 aliphatic carbocycles. The molecule has 1 aromatic rings. The van der Waals surface area contributed by atoms with Crippen LogP contribution in [0.4, 0.5) is 0 Å². The van der Waals surface area contributed by atoms with Crippen molar-refractivity contribution in [1.29, 1.82) is 0 Å². The topological polar surface area (TPSA) is 69.8 Å². The van der Waals surface area contributed by atoms with E-state index in [-0.39, 0.29) is 6.54 Å². The van der Waals surface area contributed by atoms with Crippen LogP contribution in [0, 0.1) is 13.8 Å². The number of hydrogen-bond acceptors (Lipinski definition) is 5. The molecule has 0 unspecified atom stereocenters.